The van der Waals surface area contributed by atoms with Gasteiger partial charge in [0.05, 0.1) is 26.4 Å². The van der Waals surface area contributed by atoms with E-state index >= 15 is 0 Å². The zero-order chi connectivity index (χ0) is 18.6. The van der Waals surface area contributed by atoms with Gasteiger partial charge < -0.3 is 20.1 Å². The van der Waals surface area contributed by atoms with Crippen LogP contribution >= 0.6 is 0 Å². The molecule has 26 heavy (non-hydrogen) atoms. The molecule has 2 rings (SSSR count). The molecule has 2 aliphatic heterocycles. The highest BCUT2D eigenvalue weighted by Gasteiger charge is 2.26. The lowest BCUT2D eigenvalue weighted by Crippen LogP contribution is -2.53. The fourth-order valence-corrected chi connectivity index (χ4v) is 3.89. The standard InChI is InChI=1S/C20H38N4O2/c1-4-18(5-2)19(24-10-14-26-15-11-24)16-23-20(21-3)22-9-6-17-7-12-25-13-8-17/h7,18-19H,4-6,8-16H2,1-3H3,(H2,21,22,23). The first kappa shape index (κ1) is 21.2. The summed E-state index contributed by atoms with van der Waals surface area (Å²) in [6.07, 6.45) is 6.75. The number of aliphatic imine (C=N–C) groups is 1. The van der Waals surface area contributed by atoms with Gasteiger partial charge >= 0.3 is 0 Å². The molecule has 1 fully saturated rings. The average molecular weight is 367 g/mol. The highest BCUT2D eigenvalue weighted by atomic mass is 16.5. The summed E-state index contributed by atoms with van der Waals surface area (Å²) in [5, 5.41) is 7.03. The number of hydrogen-bond donors (Lipinski definition) is 2. The Morgan fingerprint density at radius 1 is 1.15 bits per heavy atom. The molecular weight excluding hydrogens is 328 g/mol. The van der Waals surface area contributed by atoms with E-state index in [1.165, 1.54) is 18.4 Å². The fraction of sp³-hybridized carbons (Fsp3) is 0.850. The Kier molecular flexibility index (Phi) is 10.0. The molecule has 0 amide bonds. The van der Waals surface area contributed by atoms with Crippen molar-refractivity contribution in [2.75, 3.05) is 59.7 Å². The molecule has 0 aromatic heterocycles. The molecule has 0 radical (unpaired) electrons. The van der Waals surface area contributed by atoms with Crippen LogP contribution in [-0.4, -0.2) is 76.6 Å². The lowest BCUT2D eigenvalue weighted by atomic mass is 9.92. The molecule has 1 saturated heterocycles. The summed E-state index contributed by atoms with van der Waals surface area (Å²) < 4.78 is 10.9. The van der Waals surface area contributed by atoms with Crippen molar-refractivity contribution in [1.29, 1.82) is 0 Å². The quantitative estimate of drug-likeness (QED) is 0.371. The summed E-state index contributed by atoms with van der Waals surface area (Å²) in [5.41, 5.74) is 1.49. The first-order chi connectivity index (χ1) is 12.8. The Balaban J connectivity index is 1.81. The van der Waals surface area contributed by atoms with Gasteiger partial charge in [-0.2, -0.15) is 0 Å². The second kappa shape index (κ2) is 12.3. The molecule has 150 valence electrons. The normalized spacial score (nSPS) is 20.8. The van der Waals surface area contributed by atoms with Crippen molar-refractivity contribution in [3.63, 3.8) is 0 Å². The third-order valence-electron chi connectivity index (χ3n) is 5.61. The van der Waals surface area contributed by atoms with Crippen LogP contribution in [0, 0.1) is 5.92 Å². The average Bonchev–Trinajstić information content (AvgIpc) is 2.71. The summed E-state index contributed by atoms with van der Waals surface area (Å²) in [7, 11) is 1.85. The van der Waals surface area contributed by atoms with Gasteiger partial charge in [0, 0.05) is 39.3 Å². The minimum absolute atomic E-state index is 0.533. The van der Waals surface area contributed by atoms with Crippen molar-refractivity contribution in [2.45, 2.75) is 45.6 Å². The molecule has 6 heteroatoms. The molecule has 0 saturated carbocycles. The number of guanidine groups is 1. The SMILES string of the molecule is CCC(CC)C(CNC(=NC)NCCC1=CCOCC1)N1CCOCC1. The molecule has 0 aromatic carbocycles. The number of ether oxygens (including phenoxy) is 2. The molecule has 0 aromatic rings. The Labute approximate surface area is 159 Å². The predicted molar refractivity (Wildman–Crippen MR) is 108 cm³/mol. The molecule has 1 atom stereocenters. The predicted octanol–water partition coefficient (Wildman–Crippen LogP) is 2.03. The third-order valence-corrected chi connectivity index (χ3v) is 5.61. The summed E-state index contributed by atoms with van der Waals surface area (Å²) in [6, 6.07) is 0.533. The van der Waals surface area contributed by atoms with Gasteiger partial charge in [0.2, 0.25) is 0 Å². The van der Waals surface area contributed by atoms with E-state index < -0.39 is 0 Å². The summed E-state index contributed by atoms with van der Waals surface area (Å²) in [4.78, 5) is 7.00. The maximum absolute atomic E-state index is 5.54. The van der Waals surface area contributed by atoms with Gasteiger partial charge in [-0.1, -0.05) is 38.3 Å². The molecule has 0 bridgehead atoms. The van der Waals surface area contributed by atoms with E-state index in [2.05, 4.69) is 40.4 Å². The minimum atomic E-state index is 0.533. The third kappa shape index (κ3) is 6.89. The van der Waals surface area contributed by atoms with Crippen LogP contribution in [0.25, 0.3) is 0 Å². The Bertz CT molecular complexity index is 443. The second-order valence-corrected chi connectivity index (χ2v) is 7.11. The van der Waals surface area contributed by atoms with E-state index in [-0.39, 0.29) is 0 Å². The van der Waals surface area contributed by atoms with Crippen LogP contribution in [-0.2, 0) is 9.47 Å². The van der Waals surface area contributed by atoms with E-state index in [0.29, 0.717) is 12.0 Å². The smallest absolute Gasteiger partial charge is 0.191 e. The molecular formula is C20H38N4O2. The highest BCUT2D eigenvalue weighted by Crippen LogP contribution is 2.19. The van der Waals surface area contributed by atoms with Crippen LogP contribution in [0.15, 0.2) is 16.6 Å². The van der Waals surface area contributed by atoms with Crippen molar-refractivity contribution >= 4 is 5.96 Å². The van der Waals surface area contributed by atoms with Crippen LogP contribution in [0.1, 0.15) is 39.5 Å². The number of nitrogens with zero attached hydrogens (tertiary/aromatic N) is 2. The Morgan fingerprint density at radius 2 is 1.92 bits per heavy atom. The van der Waals surface area contributed by atoms with Crippen LogP contribution in [0.3, 0.4) is 0 Å². The molecule has 2 heterocycles. The van der Waals surface area contributed by atoms with Gasteiger partial charge in [-0.25, -0.2) is 0 Å². The summed E-state index contributed by atoms with van der Waals surface area (Å²) in [6.45, 7) is 11.8. The molecule has 2 N–H and O–H groups in total. The lowest BCUT2D eigenvalue weighted by Gasteiger charge is -2.39. The highest BCUT2D eigenvalue weighted by molar-refractivity contribution is 5.79. The van der Waals surface area contributed by atoms with Crippen molar-refractivity contribution in [1.82, 2.24) is 15.5 Å². The van der Waals surface area contributed by atoms with Crippen molar-refractivity contribution < 1.29 is 9.47 Å². The molecule has 6 nitrogen and oxygen atoms in total. The van der Waals surface area contributed by atoms with Crippen LogP contribution in [0.2, 0.25) is 0 Å². The van der Waals surface area contributed by atoms with Gasteiger partial charge in [0.25, 0.3) is 0 Å². The molecule has 0 spiro atoms. The molecule has 2 aliphatic rings. The minimum Gasteiger partial charge on any atom is -0.379 e. The first-order valence-electron chi connectivity index (χ1n) is 10.3. The van der Waals surface area contributed by atoms with Crippen LogP contribution in [0.5, 0.6) is 0 Å². The van der Waals surface area contributed by atoms with E-state index in [4.69, 9.17) is 9.47 Å². The van der Waals surface area contributed by atoms with E-state index in [1.807, 2.05) is 7.05 Å². The number of hydrogen-bond acceptors (Lipinski definition) is 4. The number of morpholine rings is 1. The van der Waals surface area contributed by atoms with Gasteiger partial charge in [-0.3, -0.25) is 9.89 Å². The van der Waals surface area contributed by atoms with Crippen molar-refractivity contribution in [3.8, 4) is 0 Å². The van der Waals surface area contributed by atoms with Crippen LogP contribution < -0.4 is 10.6 Å². The summed E-state index contributed by atoms with van der Waals surface area (Å²) >= 11 is 0. The van der Waals surface area contributed by atoms with Crippen molar-refractivity contribution in [3.05, 3.63) is 11.6 Å². The van der Waals surface area contributed by atoms with Crippen molar-refractivity contribution in [2.24, 2.45) is 10.9 Å². The topological polar surface area (TPSA) is 58.1 Å². The maximum Gasteiger partial charge on any atom is 0.191 e. The fourth-order valence-electron chi connectivity index (χ4n) is 3.89. The van der Waals surface area contributed by atoms with Gasteiger partial charge in [0.15, 0.2) is 5.96 Å². The largest absolute Gasteiger partial charge is 0.379 e. The zero-order valence-corrected chi connectivity index (χ0v) is 16.9. The zero-order valence-electron chi connectivity index (χ0n) is 16.9. The van der Waals surface area contributed by atoms with Gasteiger partial charge in [-0.05, 0) is 18.8 Å². The van der Waals surface area contributed by atoms with E-state index in [1.54, 1.807) is 0 Å². The number of rotatable bonds is 9. The lowest BCUT2D eigenvalue weighted by molar-refractivity contribution is 0.00272. The van der Waals surface area contributed by atoms with E-state index in [0.717, 1.165) is 71.4 Å². The van der Waals surface area contributed by atoms with Gasteiger partial charge in [-0.15, -0.1) is 0 Å². The Morgan fingerprint density at radius 3 is 2.54 bits per heavy atom. The second-order valence-electron chi connectivity index (χ2n) is 7.11. The number of nitrogens with one attached hydrogen (secondary N) is 2. The molecule has 0 aliphatic carbocycles. The van der Waals surface area contributed by atoms with Gasteiger partial charge in [0.1, 0.15) is 0 Å². The Hall–Kier alpha value is -1.11. The monoisotopic (exact) mass is 366 g/mol. The first-order valence-corrected chi connectivity index (χ1v) is 10.3. The van der Waals surface area contributed by atoms with Crippen LogP contribution in [0.4, 0.5) is 0 Å². The maximum atomic E-state index is 5.54. The molecule has 1 unspecified atom stereocenters. The van der Waals surface area contributed by atoms with E-state index in [9.17, 15) is 0 Å². The summed E-state index contributed by atoms with van der Waals surface area (Å²) in [5.74, 6) is 1.60.